The maximum absolute atomic E-state index is 13.7. The number of amides is 2. The molecule has 1 saturated heterocycles. The molecule has 13 nitrogen and oxygen atoms in total. The van der Waals surface area contributed by atoms with Gasteiger partial charge in [-0.1, -0.05) is 12.1 Å². The lowest BCUT2D eigenvalue weighted by Crippen LogP contribution is -2.49. The number of nitrogens with one attached hydrogen (secondary N) is 3. The molecule has 0 saturated carbocycles. The molecule has 1 atom stereocenters. The van der Waals surface area contributed by atoms with Gasteiger partial charge in [-0.25, -0.2) is 4.98 Å². The van der Waals surface area contributed by atoms with E-state index >= 15 is 0 Å². The minimum absolute atomic E-state index is 0.0740. The molecule has 5 rings (SSSR count). The molecule has 3 aromatic carbocycles. The van der Waals surface area contributed by atoms with Crippen LogP contribution in [0, 0.1) is 18.4 Å². The fourth-order valence-electron chi connectivity index (χ4n) is 5.89. The fraction of sp³-hybridized carbons (Fsp3) is 0.361. The summed E-state index contributed by atoms with van der Waals surface area (Å²) in [6.07, 6.45) is 5.28. The zero-order valence-corrected chi connectivity index (χ0v) is 28.3. The first-order valence-electron chi connectivity index (χ1n) is 16.2. The Morgan fingerprint density at radius 1 is 1.10 bits per heavy atom. The first kappa shape index (κ1) is 34.9. The van der Waals surface area contributed by atoms with Crippen molar-refractivity contribution in [2.45, 2.75) is 32.2 Å². The number of methoxy groups -OCH3 is 1. The Kier molecular flexibility index (Phi) is 11.5. The molecule has 1 aromatic heterocycles. The zero-order chi connectivity index (χ0) is 34.9. The predicted molar refractivity (Wildman–Crippen MR) is 188 cm³/mol. The third-order valence-corrected chi connectivity index (χ3v) is 8.73. The van der Waals surface area contributed by atoms with Crippen LogP contribution in [0.2, 0.25) is 0 Å². The smallest absolute Gasteiger partial charge is 0.258 e. The number of fused-ring (bicyclic) bond motifs is 1. The molecule has 1 aliphatic rings. The molecule has 2 heterocycles. The highest BCUT2D eigenvalue weighted by molar-refractivity contribution is 6.13. The first-order valence-corrected chi connectivity index (χ1v) is 16.2. The highest BCUT2D eigenvalue weighted by Crippen LogP contribution is 2.32. The number of aryl methyl sites for hydroxylation is 1. The zero-order valence-electron chi connectivity index (χ0n) is 28.3. The Balaban J connectivity index is 1.23. The fourth-order valence-corrected chi connectivity index (χ4v) is 5.89. The highest BCUT2D eigenvalue weighted by atomic mass is 16.5. The number of benzene rings is 3. The number of aldehydes is 1. The summed E-state index contributed by atoms with van der Waals surface area (Å²) in [7, 11) is 5.25. The largest absolute Gasteiger partial charge is 0.495 e. The number of imidazole rings is 1. The van der Waals surface area contributed by atoms with Gasteiger partial charge < -0.3 is 34.4 Å². The monoisotopic (exact) mass is 666 g/mol. The highest BCUT2D eigenvalue weighted by Gasteiger charge is 2.23. The molecule has 1 fully saturated rings. The van der Waals surface area contributed by atoms with Crippen molar-refractivity contribution in [3.05, 3.63) is 71.3 Å². The van der Waals surface area contributed by atoms with Crippen LogP contribution in [0.15, 0.2) is 54.6 Å². The SMILES string of the molecule is COc1cc(C(=O)N(C)c2ccc(C)cc2OCCCCC(C=O)N2CCN(C)CC2)ccc1NC(=O)c1cccc2[nH]c(NC#N)nc12. The number of hydrogen-bond acceptors (Lipinski definition) is 10. The summed E-state index contributed by atoms with van der Waals surface area (Å²) in [5.74, 6) is 0.411. The van der Waals surface area contributed by atoms with E-state index in [4.69, 9.17) is 14.7 Å². The van der Waals surface area contributed by atoms with Crippen LogP contribution >= 0.6 is 0 Å². The Labute approximate surface area is 285 Å². The van der Waals surface area contributed by atoms with Gasteiger partial charge in [-0.05, 0) is 81.3 Å². The second-order valence-corrected chi connectivity index (χ2v) is 12.1. The molecular formula is C36H42N8O5. The summed E-state index contributed by atoms with van der Waals surface area (Å²) in [5.41, 5.74) is 3.64. The van der Waals surface area contributed by atoms with Gasteiger partial charge in [0.2, 0.25) is 5.95 Å². The van der Waals surface area contributed by atoms with E-state index in [0.717, 1.165) is 57.3 Å². The molecule has 3 N–H and O–H groups in total. The predicted octanol–water partition coefficient (Wildman–Crippen LogP) is 4.67. The van der Waals surface area contributed by atoms with Crippen molar-refractivity contribution in [3.8, 4) is 17.7 Å². The number of aromatic amines is 1. The quantitative estimate of drug-likeness (QED) is 0.0749. The number of likely N-dealkylation sites (N-methyl/N-ethyl adjacent to an activating group) is 1. The Morgan fingerprint density at radius 3 is 2.63 bits per heavy atom. The van der Waals surface area contributed by atoms with Gasteiger partial charge in [0.25, 0.3) is 11.8 Å². The van der Waals surface area contributed by atoms with Crippen molar-refractivity contribution < 1.29 is 23.9 Å². The van der Waals surface area contributed by atoms with E-state index in [2.05, 4.69) is 37.4 Å². The number of piperazine rings is 1. The molecule has 256 valence electrons. The lowest BCUT2D eigenvalue weighted by Gasteiger charge is -2.35. The number of ether oxygens (including phenoxy) is 2. The van der Waals surface area contributed by atoms with Crippen LogP contribution in [0.1, 0.15) is 45.5 Å². The van der Waals surface area contributed by atoms with E-state index in [1.165, 1.54) is 12.0 Å². The van der Waals surface area contributed by atoms with Crippen molar-refractivity contribution in [1.29, 1.82) is 5.26 Å². The Hall–Kier alpha value is -5.45. The number of rotatable bonds is 14. The summed E-state index contributed by atoms with van der Waals surface area (Å²) in [6, 6.07) is 15.5. The number of aromatic nitrogens is 2. The van der Waals surface area contributed by atoms with Crippen LogP contribution in [-0.4, -0.2) is 97.9 Å². The lowest BCUT2D eigenvalue weighted by molar-refractivity contribution is -0.113. The van der Waals surface area contributed by atoms with E-state index in [9.17, 15) is 14.4 Å². The first-order chi connectivity index (χ1) is 23.7. The third-order valence-electron chi connectivity index (χ3n) is 8.73. The number of anilines is 3. The van der Waals surface area contributed by atoms with E-state index < -0.39 is 5.91 Å². The van der Waals surface area contributed by atoms with Crippen molar-refractivity contribution >= 4 is 46.5 Å². The number of nitrogens with zero attached hydrogens (tertiary/aromatic N) is 5. The van der Waals surface area contributed by atoms with E-state index in [1.807, 2.05) is 25.1 Å². The van der Waals surface area contributed by atoms with Gasteiger partial charge >= 0.3 is 0 Å². The molecule has 4 aromatic rings. The van der Waals surface area contributed by atoms with E-state index in [1.54, 1.807) is 49.6 Å². The molecule has 0 radical (unpaired) electrons. The van der Waals surface area contributed by atoms with Crippen LogP contribution in [0.4, 0.5) is 17.3 Å². The lowest BCUT2D eigenvalue weighted by atomic mass is 10.1. The summed E-state index contributed by atoms with van der Waals surface area (Å²) < 4.78 is 11.8. The van der Waals surface area contributed by atoms with Crippen molar-refractivity contribution in [2.24, 2.45) is 0 Å². The molecule has 1 unspecified atom stereocenters. The minimum Gasteiger partial charge on any atom is -0.495 e. The van der Waals surface area contributed by atoms with Crippen LogP contribution < -0.4 is 25.0 Å². The Morgan fingerprint density at radius 2 is 1.90 bits per heavy atom. The van der Waals surface area contributed by atoms with Crippen molar-refractivity contribution in [1.82, 2.24) is 19.8 Å². The second-order valence-electron chi connectivity index (χ2n) is 12.1. The van der Waals surface area contributed by atoms with Crippen LogP contribution in [0.25, 0.3) is 11.0 Å². The molecule has 0 aliphatic carbocycles. The van der Waals surface area contributed by atoms with E-state index in [0.29, 0.717) is 51.6 Å². The normalized spacial score (nSPS) is 14.1. The van der Waals surface area contributed by atoms with Gasteiger partial charge in [0.05, 0.1) is 42.2 Å². The number of nitriles is 1. The summed E-state index contributed by atoms with van der Waals surface area (Å²) in [4.78, 5) is 52.1. The number of carbonyl (C=O) groups is 3. The van der Waals surface area contributed by atoms with Crippen LogP contribution in [0.3, 0.4) is 0 Å². The van der Waals surface area contributed by atoms with Gasteiger partial charge in [-0.2, -0.15) is 5.26 Å². The number of hydrogen-bond donors (Lipinski definition) is 3. The number of H-pyrrole nitrogens is 1. The number of carbonyl (C=O) groups excluding carboxylic acids is 3. The molecule has 49 heavy (non-hydrogen) atoms. The minimum atomic E-state index is -0.433. The van der Waals surface area contributed by atoms with Gasteiger partial charge in [0.1, 0.15) is 23.3 Å². The summed E-state index contributed by atoms with van der Waals surface area (Å²) in [5, 5.41) is 14.2. The van der Waals surface area contributed by atoms with Gasteiger partial charge in [-0.3, -0.25) is 19.8 Å². The number of unbranched alkanes of at least 4 members (excludes halogenated alkanes) is 1. The maximum Gasteiger partial charge on any atom is 0.258 e. The number of para-hydroxylation sites is 1. The van der Waals surface area contributed by atoms with Gasteiger partial charge in [0.15, 0.2) is 6.19 Å². The van der Waals surface area contributed by atoms with Gasteiger partial charge in [-0.15, -0.1) is 0 Å². The average molecular weight is 667 g/mol. The molecule has 0 spiro atoms. The Bertz CT molecular complexity index is 1840. The maximum atomic E-state index is 13.7. The van der Waals surface area contributed by atoms with Crippen LogP contribution in [0.5, 0.6) is 11.5 Å². The standard InChI is InChI=1S/C36H42N8O5/c1-24-11-14-30(32(20-24)49-19-6-5-8-26(22-45)44-17-15-42(2)16-18-44)43(3)35(47)25-12-13-28(31(21-25)48-4)39-34(46)27-9-7-10-29-33(27)41-36(40-29)38-23-37/h7,9-14,20-22,26H,5-6,8,15-19H2,1-4H3,(H,39,46)(H2,38,40,41). The summed E-state index contributed by atoms with van der Waals surface area (Å²) in [6.45, 7) is 6.17. The van der Waals surface area contributed by atoms with Gasteiger partial charge in [0, 0.05) is 38.8 Å². The van der Waals surface area contributed by atoms with Crippen molar-refractivity contribution in [3.63, 3.8) is 0 Å². The molecule has 2 amide bonds. The van der Waals surface area contributed by atoms with Crippen LogP contribution in [-0.2, 0) is 4.79 Å². The molecule has 13 heteroatoms. The second kappa shape index (κ2) is 16.1. The van der Waals surface area contributed by atoms with E-state index in [-0.39, 0.29) is 17.9 Å². The molecule has 1 aliphatic heterocycles. The summed E-state index contributed by atoms with van der Waals surface area (Å²) >= 11 is 0. The van der Waals surface area contributed by atoms with Crippen molar-refractivity contribution in [2.75, 3.05) is 69.5 Å². The molecular weight excluding hydrogens is 624 g/mol. The topological polar surface area (TPSA) is 156 Å². The molecule has 0 bridgehead atoms. The third kappa shape index (κ3) is 8.35. The average Bonchev–Trinajstić information content (AvgIpc) is 3.53.